The van der Waals surface area contributed by atoms with Crippen molar-refractivity contribution in [2.75, 3.05) is 12.3 Å². The molecule has 0 bridgehead atoms. The Hall–Kier alpha value is -2.30. The lowest BCUT2D eigenvalue weighted by Crippen LogP contribution is -2.09. The van der Waals surface area contributed by atoms with Crippen LogP contribution in [0.5, 0.6) is 0 Å². The van der Waals surface area contributed by atoms with E-state index < -0.39 is 5.97 Å². The van der Waals surface area contributed by atoms with Crippen LogP contribution in [0.3, 0.4) is 0 Å². The molecule has 2 aromatic rings. The van der Waals surface area contributed by atoms with Crippen molar-refractivity contribution in [3.63, 3.8) is 0 Å². The third-order valence-electron chi connectivity index (χ3n) is 2.59. The number of carbonyl (C=O) groups is 1. The summed E-state index contributed by atoms with van der Waals surface area (Å²) in [6, 6.07) is 7.78. The topological polar surface area (TPSA) is 70.1 Å². The Balaban J connectivity index is 2.36. The maximum atomic E-state index is 11.6. The molecule has 0 spiro atoms. The van der Waals surface area contributed by atoms with Crippen molar-refractivity contribution in [2.24, 2.45) is 0 Å². The van der Waals surface area contributed by atoms with Gasteiger partial charge in [-0.3, -0.25) is 4.57 Å². The number of hydrogen-bond donors (Lipinski definition) is 1. The van der Waals surface area contributed by atoms with Gasteiger partial charge < -0.3 is 10.5 Å². The maximum Gasteiger partial charge on any atom is 0.360 e. The lowest BCUT2D eigenvalue weighted by Gasteiger charge is -2.05. The highest BCUT2D eigenvalue weighted by Gasteiger charge is 2.17. The van der Waals surface area contributed by atoms with Gasteiger partial charge in [-0.25, -0.2) is 9.78 Å². The van der Waals surface area contributed by atoms with Crippen LogP contribution >= 0.6 is 0 Å². The summed E-state index contributed by atoms with van der Waals surface area (Å²) in [4.78, 5) is 15.6. The molecule has 0 amide bonds. The highest BCUT2D eigenvalue weighted by Crippen LogP contribution is 2.18. The third-order valence-corrected chi connectivity index (χ3v) is 2.59. The Bertz CT molecular complexity index is 558. The maximum absolute atomic E-state index is 11.6. The number of hydrogen-bond acceptors (Lipinski definition) is 4. The molecule has 0 atom stereocenters. The molecule has 0 aliphatic heterocycles. The van der Waals surface area contributed by atoms with Crippen LogP contribution in [-0.4, -0.2) is 22.1 Å². The predicted octanol–water partition coefficient (Wildman–Crippen LogP) is 1.94. The van der Waals surface area contributed by atoms with Crippen molar-refractivity contribution in [3.05, 3.63) is 41.9 Å². The highest BCUT2D eigenvalue weighted by molar-refractivity contribution is 5.92. The molecule has 1 heterocycles. The molecular weight excluding hydrogens is 230 g/mol. The van der Waals surface area contributed by atoms with Crippen LogP contribution in [-0.2, 0) is 4.74 Å². The average Bonchev–Trinajstić information content (AvgIpc) is 2.73. The fourth-order valence-electron chi connectivity index (χ4n) is 1.63. The zero-order chi connectivity index (χ0) is 13.1. The molecule has 0 saturated carbocycles. The molecule has 0 saturated heterocycles. The molecule has 5 heteroatoms. The number of anilines is 1. The fraction of sp³-hybridized carbons (Fsp3) is 0.231. The molecule has 0 aliphatic carbocycles. The Morgan fingerprint density at radius 2 is 2.06 bits per heavy atom. The predicted molar refractivity (Wildman–Crippen MR) is 68.7 cm³/mol. The SMILES string of the molecule is CCOC(=O)c1ncn(-c2ccc(C)cc2)c1N. The van der Waals surface area contributed by atoms with Crippen LogP contribution in [0.25, 0.3) is 5.69 Å². The summed E-state index contributed by atoms with van der Waals surface area (Å²) in [5, 5.41) is 0. The average molecular weight is 245 g/mol. The van der Waals surface area contributed by atoms with Gasteiger partial charge in [0.15, 0.2) is 5.69 Å². The van der Waals surface area contributed by atoms with Gasteiger partial charge in [0.25, 0.3) is 0 Å². The number of esters is 1. The molecule has 94 valence electrons. The van der Waals surface area contributed by atoms with Crippen LogP contribution < -0.4 is 5.73 Å². The van der Waals surface area contributed by atoms with Gasteiger partial charge >= 0.3 is 5.97 Å². The Morgan fingerprint density at radius 1 is 1.39 bits per heavy atom. The second-order valence-corrected chi connectivity index (χ2v) is 3.90. The number of ether oxygens (including phenoxy) is 1. The van der Waals surface area contributed by atoms with Crippen molar-refractivity contribution < 1.29 is 9.53 Å². The van der Waals surface area contributed by atoms with E-state index >= 15 is 0 Å². The normalized spacial score (nSPS) is 10.3. The highest BCUT2D eigenvalue weighted by atomic mass is 16.5. The number of aryl methyl sites for hydroxylation is 1. The second-order valence-electron chi connectivity index (χ2n) is 3.90. The van der Waals surface area contributed by atoms with Gasteiger partial charge in [0.05, 0.1) is 6.61 Å². The Morgan fingerprint density at radius 3 is 2.67 bits per heavy atom. The first kappa shape index (κ1) is 12.2. The molecule has 5 nitrogen and oxygen atoms in total. The minimum Gasteiger partial charge on any atom is -0.461 e. The quantitative estimate of drug-likeness (QED) is 0.839. The van der Waals surface area contributed by atoms with E-state index in [-0.39, 0.29) is 11.5 Å². The number of imidazole rings is 1. The first-order chi connectivity index (χ1) is 8.63. The summed E-state index contributed by atoms with van der Waals surface area (Å²) in [6.07, 6.45) is 1.52. The standard InChI is InChI=1S/C13H15N3O2/c1-3-18-13(17)11-12(14)16(8-15-11)10-6-4-9(2)5-7-10/h4-8H,3,14H2,1-2H3. The summed E-state index contributed by atoms with van der Waals surface area (Å²) in [5.41, 5.74) is 8.07. The molecule has 1 aromatic carbocycles. The molecule has 2 rings (SSSR count). The van der Waals surface area contributed by atoms with Crippen LogP contribution in [0.15, 0.2) is 30.6 Å². The molecule has 2 N–H and O–H groups in total. The van der Waals surface area contributed by atoms with Gasteiger partial charge in [0.1, 0.15) is 12.1 Å². The summed E-state index contributed by atoms with van der Waals surface area (Å²) >= 11 is 0. The van der Waals surface area contributed by atoms with Crippen molar-refractivity contribution in [2.45, 2.75) is 13.8 Å². The van der Waals surface area contributed by atoms with E-state index in [1.807, 2.05) is 31.2 Å². The number of benzene rings is 1. The summed E-state index contributed by atoms with van der Waals surface area (Å²) in [7, 11) is 0. The van der Waals surface area contributed by atoms with Gasteiger partial charge in [0, 0.05) is 5.69 Å². The zero-order valence-electron chi connectivity index (χ0n) is 10.4. The van der Waals surface area contributed by atoms with Crippen LogP contribution in [0, 0.1) is 6.92 Å². The summed E-state index contributed by atoms with van der Waals surface area (Å²) < 4.78 is 6.54. The number of aromatic nitrogens is 2. The molecule has 0 fully saturated rings. The Labute approximate surface area is 105 Å². The van der Waals surface area contributed by atoms with Crippen LogP contribution in [0.1, 0.15) is 23.0 Å². The largest absolute Gasteiger partial charge is 0.461 e. The lowest BCUT2D eigenvalue weighted by molar-refractivity contribution is 0.0521. The van der Waals surface area contributed by atoms with Crippen LogP contribution in [0.4, 0.5) is 5.82 Å². The van der Waals surface area contributed by atoms with E-state index in [0.29, 0.717) is 6.61 Å². The lowest BCUT2D eigenvalue weighted by atomic mass is 10.2. The molecule has 0 unspecified atom stereocenters. The first-order valence-corrected chi connectivity index (χ1v) is 5.70. The minimum atomic E-state index is -0.499. The summed E-state index contributed by atoms with van der Waals surface area (Å²) in [5.74, 6) is -0.210. The number of nitrogen functional groups attached to an aromatic ring is 1. The van der Waals surface area contributed by atoms with E-state index in [9.17, 15) is 4.79 Å². The second kappa shape index (κ2) is 4.91. The van der Waals surface area contributed by atoms with Crippen molar-refractivity contribution in [1.82, 2.24) is 9.55 Å². The summed E-state index contributed by atoms with van der Waals surface area (Å²) in [6.45, 7) is 4.05. The molecule has 0 radical (unpaired) electrons. The molecular formula is C13H15N3O2. The number of carbonyl (C=O) groups excluding carboxylic acids is 1. The monoisotopic (exact) mass is 245 g/mol. The minimum absolute atomic E-state index is 0.150. The number of nitrogens with zero attached hydrogens (tertiary/aromatic N) is 2. The number of rotatable bonds is 3. The van der Waals surface area contributed by atoms with Crippen molar-refractivity contribution in [1.29, 1.82) is 0 Å². The van der Waals surface area contributed by atoms with Gasteiger partial charge in [-0.15, -0.1) is 0 Å². The van der Waals surface area contributed by atoms with Gasteiger partial charge in [-0.05, 0) is 26.0 Å². The number of nitrogens with two attached hydrogens (primary N) is 1. The fourth-order valence-corrected chi connectivity index (χ4v) is 1.63. The Kier molecular flexibility index (Phi) is 3.32. The smallest absolute Gasteiger partial charge is 0.360 e. The van der Waals surface area contributed by atoms with E-state index in [4.69, 9.17) is 10.5 Å². The molecule has 0 aliphatic rings. The van der Waals surface area contributed by atoms with E-state index in [0.717, 1.165) is 11.3 Å². The van der Waals surface area contributed by atoms with Gasteiger partial charge in [0.2, 0.25) is 0 Å². The molecule has 18 heavy (non-hydrogen) atoms. The van der Waals surface area contributed by atoms with E-state index in [1.165, 1.54) is 6.33 Å². The van der Waals surface area contributed by atoms with Gasteiger partial charge in [-0.1, -0.05) is 17.7 Å². The van der Waals surface area contributed by atoms with E-state index in [2.05, 4.69) is 4.98 Å². The van der Waals surface area contributed by atoms with Crippen molar-refractivity contribution >= 4 is 11.8 Å². The first-order valence-electron chi connectivity index (χ1n) is 5.70. The van der Waals surface area contributed by atoms with Crippen LogP contribution in [0.2, 0.25) is 0 Å². The zero-order valence-corrected chi connectivity index (χ0v) is 10.4. The third kappa shape index (κ3) is 2.20. The molecule has 1 aromatic heterocycles. The van der Waals surface area contributed by atoms with E-state index in [1.54, 1.807) is 11.5 Å². The van der Waals surface area contributed by atoms with Gasteiger partial charge in [-0.2, -0.15) is 0 Å². The van der Waals surface area contributed by atoms with Crippen molar-refractivity contribution in [3.8, 4) is 5.69 Å².